The SMILES string of the molecule is N#[C][K].[Co].[Fe]. The van der Waals surface area contributed by atoms with Gasteiger partial charge in [0.1, 0.15) is 0 Å². The predicted molar refractivity (Wildman–Crippen MR) is 11.4 cm³/mol. The number of rotatable bonds is 0. The van der Waals surface area contributed by atoms with Crippen molar-refractivity contribution in [2.75, 3.05) is 0 Å². The summed E-state index contributed by atoms with van der Waals surface area (Å²) in [5.41, 5.74) is 0. The molecule has 0 aliphatic carbocycles. The summed E-state index contributed by atoms with van der Waals surface area (Å²) in [6.45, 7) is 0. The van der Waals surface area contributed by atoms with Crippen LogP contribution in [-0.4, -0.2) is 49.0 Å². The van der Waals surface area contributed by atoms with Crippen molar-refractivity contribution in [2.45, 2.75) is 0 Å². The molecule has 0 unspecified atom stereocenters. The fourth-order valence-corrected chi connectivity index (χ4v) is 0. The molecular formula is CCoFeKN. The Morgan fingerprint density at radius 3 is 1.60 bits per heavy atom. The quantitative estimate of drug-likeness (QED) is 0.466. The standard InChI is InChI=1S/CN.Co.Fe.K/c1-2;;;. The van der Waals surface area contributed by atoms with E-state index in [2.05, 4.69) is 0 Å². The number of nitriles is 1. The average Bonchev–Trinajstić information content (AvgIpc) is 0.918. The maximum absolute atomic E-state index is 7.40. The van der Waals surface area contributed by atoms with Gasteiger partial charge in [0.2, 0.25) is 0 Å². The van der Waals surface area contributed by atoms with Crippen LogP contribution in [0.1, 0.15) is 0 Å². The maximum atomic E-state index is 7.40. The molecule has 0 rings (SSSR count). The molecule has 0 aliphatic rings. The topological polar surface area (TPSA) is 23.8 Å². The number of hydrogen-bond acceptors (Lipinski definition) is 1. The first-order valence-electron chi connectivity index (χ1n) is 0.724. The predicted octanol–water partition coefficient (Wildman–Crippen LogP) is -0.369. The van der Waals surface area contributed by atoms with Crippen LogP contribution in [0.4, 0.5) is 0 Å². The molecular weight excluding hydrogens is 180 g/mol. The van der Waals surface area contributed by atoms with Gasteiger partial charge in [-0.3, -0.25) is 0 Å². The molecule has 0 spiro atoms. The number of nitrogens with zero attached hydrogens (tertiary/aromatic N) is 1. The zero-order valence-electron chi connectivity index (χ0n) is 2.63. The van der Waals surface area contributed by atoms with Gasteiger partial charge in [0.15, 0.2) is 0 Å². The van der Waals surface area contributed by atoms with E-state index < -0.39 is 0 Å². The summed E-state index contributed by atoms with van der Waals surface area (Å²) in [6, 6.07) is 0. The van der Waals surface area contributed by atoms with Gasteiger partial charge in [-0.1, -0.05) is 0 Å². The van der Waals surface area contributed by atoms with Crippen molar-refractivity contribution in [3.63, 3.8) is 0 Å². The maximum Gasteiger partial charge on any atom is 0 e. The Balaban J connectivity index is -0.0000000200. The Kier molecular flexibility index (Phi) is 51.6. The van der Waals surface area contributed by atoms with Crippen molar-refractivity contribution < 1.29 is 33.8 Å². The van der Waals surface area contributed by atoms with Crippen molar-refractivity contribution in [3.05, 3.63) is 0 Å². The second kappa shape index (κ2) is 16.4. The number of hydrogen-bond donors (Lipinski definition) is 0. The van der Waals surface area contributed by atoms with Crippen LogP contribution < -0.4 is 0 Å². The van der Waals surface area contributed by atoms with Gasteiger partial charge in [-0.05, 0) is 0 Å². The zero-order chi connectivity index (χ0) is 2.71. The molecule has 0 bridgehead atoms. The van der Waals surface area contributed by atoms with Crippen molar-refractivity contribution >= 4 is 49.0 Å². The second-order valence-electron chi connectivity index (χ2n) is 0.224. The van der Waals surface area contributed by atoms with Gasteiger partial charge in [0, 0.05) is 33.8 Å². The van der Waals surface area contributed by atoms with Gasteiger partial charge in [0.25, 0.3) is 0 Å². The summed E-state index contributed by atoms with van der Waals surface area (Å²) in [5.74, 6) is 0. The van der Waals surface area contributed by atoms with Crippen LogP contribution in [-0.2, 0) is 33.8 Å². The Hall–Kier alpha value is 2.15. The van der Waals surface area contributed by atoms with E-state index >= 15 is 0 Å². The summed E-state index contributed by atoms with van der Waals surface area (Å²) < 4.78 is 1.94. The van der Waals surface area contributed by atoms with Gasteiger partial charge < -0.3 is 0 Å². The van der Waals surface area contributed by atoms with Gasteiger partial charge in [-0.2, -0.15) is 0 Å². The van der Waals surface area contributed by atoms with Crippen LogP contribution in [0, 0.1) is 5.43 Å². The van der Waals surface area contributed by atoms with Crippen molar-refractivity contribution in [1.29, 1.82) is 5.26 Å². The molecule has 0 amide bonds. The van der Waals surface area contributed by atoms with E-state index in [9.17, 15) is 0 Å². The molecule has 1 nitrogen and oxygen atoms in total. The Morgan fingerprint density at radius 1 is 1.60 bits per heavy atom. The summed E-state index contributed by atoms with van der Waals surface area (Å²) >= 11 is 0.410. The van der Waals surface area contributed by atoms with Crippen LogP contribution >= 0.6 is 0 Å². The molecule has 0 aromatic rings. The first-order chi connectivity index (χ1) is 1.41. The van der Waals surface area contributed by atoms with Crippen molar-refractivity contribution in [1.82, 2.24) is 0 Å². The third-order valence-electron chi connectivity index (χ3n) is 0. The Morgan fingerprint density at radius 2 is 1.60 bits per heavy atom. The average molecular weight is 180 g/mol. The van der Waals surface area contributed by atoms with Crippen molar-refractivity contribution in [3.8, 4) is 0.164 Å². The van der Waals surface area contributed by atoms with Crippen LogP contribution in [0.25, 0.3) is 0 Å². The monoisotopic (exact) mass is 180 g/mol. The molecule has 1 radical (unpaired) electrons. The molecule has 0 saturated carbocycles. The molecule has 4 heteroatoms. The van der Waals surface area contributed by atoms with Gasteiger partial charge in [-0.15, -0.1) is 0 Å². The molecule has 0 N–H and O–H groups in total. The van der Waals surface area contributed by atoms with Crippen LogP contribution in [0.3, 0.4) is 0 Å². The molecule has 0 saturated heterocycles. The molecule has 0 fully saturated rings. The van der Waals surface area contributed by atoms with E-state index in [0.29, 0.717) is 49.0 Å². The Labute approximate surface area is 86.1 Å². The molecule has 0 heterocycles. The summed E-state index contributed by atoms with van der Waals surface area (Å²) in [7, 11) is 0. The van der Waals surface area contributed by atoms with E-state index in [1.54, 1.807) is 0 Å². The summed E-state index contributed by atoms with van der Waals surface area (Å²) in [5, 5.41) is 7.40. The van der Waals surface area contributed by atoms with E-state index in [0.717, 1.165) is 0 Å². The minimum absolute atomic E-state index is 0. The first kappa shape index (κ1) is 15.7. The largest absolute Gasteiger partial charge is 0 e. The summed E-state index contributed by atoms with van der Waals surface area (Å²) in [6.07, 6.45) is 0. The molecule has 0 aliphatic heterocycles. The van der Waals surface area contributed by atoms with Crippen LogP contribution in [0.2, 0.25) is 0 Å². The molecule has 27 valence electrons. The first-order valence-corrected chi connectivity index (χ1v) is 2.29. The van der Waals surface area contributed by atoms with E-state index in [-0.39, 0.29) is 33.8 Å². The van der Waals surface area contributed by atoms with Gasteiger partial charge >= 0.3 is 54.4 Å². The van der Waals surface area contributed by atoms with E-state index in [4.69, 9.17) is 5.26 Å². The molecule has 5 heavy (non-hydrogen) atoms. The smallest absolute Gasteiger partial charge is 0 e. The Bertz CT molecular complexity index is 33.1. The van der Waals surface area contributed by atoms with Gasteiger partial charge in [0.05, 0.1) is 0 Å². The second-order valence-corrected chi connectivity index (χ2v) is 0.922. The fourth-order valence-electron chi connectivity index (χ4n) is 0. The van der Waals surface area contributed by atoms with Gasteiger partial charge in [-0.25, -0.2) is 0 Å². The minimum atomic E-state index is 0. The van der Waals surface area contributed by atoms with Crippen molar-refractivity contribution in [2.24, 2.45) is 0 Å². The fraction of sp³-hybridized carbons (Fsp3) is 0. The third-order valence-corrected chi connectivity index (χ3v) is 0. The van der Waals surface area contributed by atoms with Crippen LogP contribution in [0.15, 0.2) is 0 Å². The molecule has 0 atom stereocenters. The molecule has 0 aromatic carbocycles. The zero-order valence-corrected chi connectivity index (χ0v) is 7.90. The normalized spacial score (nSPS) is 1.80. The third kappa shape index (κ3) is 22.9. The van der Waals surface area contributed by atoms with E-state index in [1.807, 2.05) is 0.164 Å². The molecule has 0 aromatic heterocycles. The summed E-state index contributed by atoms with van der Waals surface area (Å²) in [4.78, 5) is 0. The minimum Gasteiger partial charge on any atom is 0 e. The van der Waals surface area contributed by atoms with Crippen LogP contribution in [0.5, 0.6) is 0 Å². The van der Waals surface area contributed by atoms with E-state index in [1.165, 1.54) is 0 Å².